The number of nitrogens with one attached hydrogen (secondary N) is 1. The molecule has 0 fully saturated rings. The van der Waals surface area contributed by atoms with Gasteiger partial charge in [0, 0.05) is 28.2 Å². The van der Waals surface area contributed by atoms with Crippen molar-refractivity contribution in [2.45, 2.75) is 66.1 Å². The molecule has 0 radical (unpaired) electrons. The summed E-state index contributed by atoms with van der Waals surface area (Å²) in [6, 6.07) is 10.3. The van der Waals surface area contributed by atoms with E-state index in [9.17, 15) is 9.59 Å². The van der Waals surface area contributed by atoms with Crippen LogP contribution in [0.4, 0.5) is 0 Å². The molecule has 1 N–H and O–H groups in total. The summed E-state index contributed by atoms with van der Waals surface area (Å²) < 4.78 is 5.82. The van der Waals surface area contributed by atoms with Gasteiger partial charge in [0.15, 0.2) is 6.61 Å². The fourth-order valence-corrected chi connectivity index (χ4v) is 3.91. The Hall–Kier alpha value is -2.24. The van der Waals surface area contributed by atoms with Crippen LogP contribution in [-0.2, 0) is 16.1 Å². The minimum absolute atomic E-state index is 0.00358. The highest BCUT2D eigenvalue weighted by Gasteiger charge is 2.30. The van der Waals surface area contributed by atoms with Crippen LogP contribution >= 0.6 is 23.2 Å². The molecule has 2 rings (SSSR count). The second-order valence-corrected chi connectivity index (χ2v) is 8.84. The third-order valence-electron chi connectivity index (χ3n) is 5.46. The SMILES string of the molecule is CC[C@H](C)NC(=O)[C@H](CC)N(Cc1c(Cl)cccc1Cl)C(=O)COc1ccc(C)cc1C. The molecule has 5 nitrogen and oxygen atoms in total. The molecule has 0 unspecified atom stereocenters. The molecule has 174 valence electrons. The number of carbonyl (C=O) groups is 2. The van der Waals surface area contributed by atoms with Crippen LogP contribution in [0.2, 0.25) is 10.0 Å². The van der Waals surface area contributed by atoms with Crippen molar-refractivity contribution in [1.82, 2.24) is 10.2 Å². The number of ether oxygens (including phenoxy) is 1. The van der Waals surface area contributed by atoms with Crippen molar-refractivity contribution in [2.75, 3.05) is 6.61 Å². The summed E-state index contributed by atoms with van der Waals surface area (Å²) in [6.45, 7) is 9.65. The van der Waals surface area contributed by atoms with Crippen LogP contribution in [0.25, 0.3) is 0 Å². The van der Waals surface area contributed by atoms with E-state index in [1.165, 1.54) is 4.90 Å². The van der Waals surface area contributed by atoms with E-state index in [2.05, 4.69) is 5.32 Å². The molecule has 2 amide bonds. The van der Waals surface area contributed by atoms with Crippen molar-refractivity contribution in [3.8, 4) is 5.75 Å². The van der Waals surface area contributed by atoms with Gasteiger partial charge < -0.3 is 15.0 Å². The van der Waals surface area contributed by atoms with Crippen molar-refractivity contribution in [3.63, 3.8) is 0 Å². The number of carbonyl (C=O) groups excluding carboxylic acids is 2. The maximum Gasteiger partial charge on any atom is 0.261 e. The van der Waals surface area contributed by atoms with Gasteiger partial charge >= 0.3 is 0 Å². The number of amides is 2. The van der Waals surface area contributed by atoms with Crippen molar-refractivity contribution >= 4 is 35.0 Å². The number of aryl methyl sites for hydroxylation is 2. The van der Waals surface area contributed by atoms with Crippen molar-refractivity contribution in [2.24, 2.45) is 0 Å². The molecule has 0 aromatic heterocycles. The van der Waals surface area contributed by atoms with E-state index in [1.54, 1.807) is 18.2 Å². The highest BCUT2D eigenvalue weighted by molar-refractivity contribution is 6.36. The molecule has 0 spiro atoms. The smallest absolute Gasteiger partial charge is 0.261 e. The molecule has 2 aromatic carbocycles. The van der Waals surface area contributed by atoms with Crippen LogP contribution in [-0.4, -0.2) is 35.4 Å². The van der Waals surface area contributed by atoms with Crippen LogP contribution in [0, 0.1) is 13.8 Å². The average molecular weight is 479 g/mol. The van der Waals surface area contributed by atoms with Crippen molar-refractivity contribution < 1.29 is 14.3 Å². The first-order valence-corrected chi connectivity index (χ1v) is 11.7. The Balaban J connectivity index is 2.30. The van der Waals surface area contributed by atoms with Crippen LogP contribution < -0.4 is 10.1 Å². The van der Waals surface area contributed by atoms with Gasteiger partial charge in [-0.2, -0.15) is 0 Å². The lowest BCUT2D eigenvalue weighted by Gasteiger charge is -2.32. The van der Waals surface area contributed by atoms with Gasteiger partial charge in [0.2, 0.25) is 5.91 Å². The third kappa shape index (κ3) is 6.88. The van der Waals surface area contributed by atoms with Gasteiger partial charge in [-0.05, 0) is 57.4 Å². The summed E-state index contributed by atoms with van der Waals surface area (Å²) in [5.41, 5.74) is 2.66. The van der Waals surface area contributed by atoms with Crippen LogP contribution in [0.1, 0.15) is 50.3 Å². The van der Waals surface area contributed by atoms with E-state index in [0.717, 1.165) is 17.5 Å². The highest BCUT2D eigenvalue weighted by Crippen LogP contribution is 2.27. The maximum atomic E-state index is 13.3. The van der Waals surface area contributed by atoms with E-state index in [4.69, 9.17) is 27.9 Å². The van der Waals surface area contributed by atoms with E-state index in [0.29, 0.717) is 27.8 Å². The highest BCUT2D eigenvalue weighted by atomic mass is 35.5. The number of halogens is 2. The molecule has 0 bridgehead atoms. The zero-order chi connectivity index (χ0) is 23.8. The summed E-state index contributed by atoms with van der Waals surface area (Å²) in [6.07, 6.45) is 1.24. The van der Waals surface area contributed by atoms with Crippen molar-refractivity contribution in [3.05, 3.63) is 63.1 Å². The predicted octanol–water partition coefficient (Wildman–Crippen LogP) is 5.71. The zero-order valence-corrected chi connectivity index (χ0v) is 20.9. The first-order chi connectivity index (χ1) is 15.2. The largest absolute Gasteiger partial charge is 0.483 e. The maximum absolute atomic E-state index is 13.3. The van der Waals surface area contributed by atoms with Crippen LogP contribution in [0.3, 0.4) is 0 Å². The molecule has 0 saturated heterocycles. The molecular weight excluding hydrogens is 447 g/mol. The lowest BCUT2D eigenvalue weighted by atomic mass is 10.1. The number of rotatable bonds is 10. The van der Waals surface area contributed by atoms with Gasteiger partial charge in [-0.3, -0.25) is 9.59 Å². The summed E-state index contributed by atoms with van der Waals surface area (Å²) in [5.74, 6) is 0.119. The Labute approximate surface area is 201 Å². The normalized spacial score (nSPS) is 12.7. The summed E-state index contributed by atoms with van der Waals surface area (Å²) in [7, 11) is 0. The predicted molar refractivity (Wildman–Crippen MR) is 130 cm³/mol. The molecule has 32 heavy (non-hydrogen) atoms. The monoisotopic (exact) mass is 478 g/mol. The summed E-state index contributed by atoms with van der Waals surface area (Å²) in [5, 5.41) is 3.87. The molecule has 0 aliphatic heterocycles. The van der Waals surface area contributed by atoms with Gasteiger partial charge in [-0.1, -0.05) is 60.8 Å². The average Bonchev–Trinajstić information content (AvgIpc) is 2.74. The fourth-order valence-electron chi connectivity index (χ4n) is 3.40. The van der Waals surface area contributed by atoms with Crippen LogP contribution in [0.5, 0.6) is 5.75 Å². The van der Waals surface area contributed by atoms with Gasteiger partial charge in [0.05, 0.1) is 0 Å². The lowest BCUT2D eigenvalue weighted by Crippen LogP contribution is -2.51. The van der Waals surface area contributed by atoms with Gasteiger partial charge in [0.25, 0.3) is 5.91 Å². The molecule has 7 heteroatoms. The molecule has 2 atom stereocenters. The van der Waals surface area contributed by atoms with E-state index in [1.807, 2.05) is 52.8 Å². The fraction of sp³-hybridized carbons (Fsp3) is 0.440. The van der Waals surface area contributed by atoms with Gasteiger partial charge in [0.1, 0.15) is 11.8 Å². The Morgan fingerprint density at radius 3 is 2.28 bits per heavy atom. The van der Waals surface area contributed by atoms with E-state index < -0.39 is 6.04 Å². The number of benzene rings is 2. The molecule has 2 aromatic rings. The van der Waals surface area contributed by atoms with E-state index >= 15 is 0 Å². The molecule has 0 aliphatic carbocycles. The minimum atomic E-state index is -0.674. The minimum Gasteiger partial charge on any atom is -0.483 e. The molecule has 0 saturated carbocycles. The van der Waals surface area contributed by atoms with Crippen molar-refractivity contribution in [1.29, 1.82) is 0 Å². The topological polar surface area (TPSA) is 58.6 Å². The molecule has 0 heterocycles. The second-order valence-electron chi connectivity index (χ2n) is 8.02. The number of hydrogen-bond acceptors (Lipinski definition) is 3. The number of hydrogen-bond donors (Lipinski definition) is 1. The molecular formula is C25H32Cl2N2O3. The number of nitrogens with zero attached hydrogens (tertiary/aromatic N) is 1. The second kappa shape index (κ2) is 12.1. The first kappa shape index (κ1) is 26.0. The van der Waals surface area contributed by atoms with E-state index in [-0.39, 0.29) is 31.0 Å². The first-order valence-electron chi connectivity index (χ1n) is 10.9. The lowest BCUT2D eigenvalue weighted by molar-refractivity contribution is -0.143. The molecule has 0 aliphatic rings. The Kier molecular flexibility index (Phi) is 9.85. The van der Waals surface area contributed by atoms with Crippen LogP contribution in [0.15, 0.2) is 36.4 Å². The zero-order valence-electron chi connectivity index (χ0n) is 19.4. The Morgan fingerprint density at radius 1 is 1.06 bits per heavy atom. The Morgan fingerprint density at radius 2 is 1.72 bits per heavy atom. The Bertz CT molecular complexity index is 929. The van der Waals surface area contributed by atoms with Gasteiger partial charge in [-0.15, -0.1) is 0 Å². The van der Waals surface area contributed by atoms with Gasteiger partial charge in [-0.25, -0.2) is 0 Å². The third-order valence-corrected chi connectivity index (χ3v) is 6.17. The summed E-state index contributed by atoms with van der Waals surface area (Å²) in [4.78, 5) is 27.8. The standard InChI is InChI=1S/C25H32Cl2N2O3/c1-6-18(5)28-25(31)22(7-2)29(14-19-20(26)9-8-10-21(19)27)24(30)15-32-23-12-11-16(3)13-17(23)4/h8-13,18,22H,6-7,14-15H2,1-5H3,(H,28,31)/t18-,22-/m0/s1. The summed E-state index contributed by atoms with van der Waals surface area (Å²) >= 11 is 12.7. The quantitative estimate of drug-likeness (QED) is 0.475.